The molecule has 0 aromatic carbocycles. The molecule has 0 N–H and O–H groups in total. The number of ether oxygens (including phenoxy) is 2. The molecule has 5 heteroatoms. The number of rotatable bonds is 3. The maximum Gasteiger partial charge on any atom is 0.168 e. The molecular weight excluding hydrogens is 278 g/mol. The molecule has 122 valence electrons. The van der Waals surface area contributed by atoms with Crippen LogP contribution in [0.3, 0.4) is 0 Å². The second kappa shape index (κ2) is 5.95. The average molecular weight is 305 g/mol. The molecule has 0 unspecified atom stereocenters. The zero-order chi connectivity index (χ0) is 15.0. The van der Waals surface area contributed by atoms with Crippen LogP contribution in [0.5, 0.6) is 0 Å². The van der Waals surface area contributed by atoms with Crippen LogP contribution in [0.1, 0.15) is 43.6 Å². The zero-order valence-corrected chi connectivity index (χ0v) is 13.5. The molecule has 3 heterocycles. The number of nitrogens with zero attached hydrogens (tertiary/aromatic N) is 3. The molecule has 1 aromatic rings. The van der Waals surface area contributed by atoms with Crippen LogP contribution in [0, 0.1) is 5.92 Å². The van der Waals surface area contributed by atoms with Crippen LogP contribution in [0.15, 0.2) is 12.4 Å². The van der Waals surface area contributed by atoms with Gasteiger partial charge in [0.2, 0.25) is 0 Å². The van der Waals surface area contributed by atoms with Crippen molar-refractivity contribution in [2.24, 2.45) is 13.0 Å². The molecule has 1 spiro atoms. The Balaban J connectivity index is 1.26. The van der Waals surface area contributed by atoms with Crippen molar-refractivity contribution in [3.05, 3.63) is 18.0 Å². The summed E-state index contributed by atoms with van der Waals surface area (Å²) in [5, 5.41) is 4.31. The third-order valence-electron chi connectivity index (χ3n) is 5.67. The van der Waals surface area contributed by atoms with Gasteiger partial charge in [-0.1, -0.05) is 0 Å². The van der Waals surface area contributed by atoms with Crippen LogP contribution < -0.4 is 0 Å². The highest BCUT2D eigenvalue weighted by molar-refractivity contribution is 5.13. The Kier molecular flexibility index (Phi) is 3.96. The monoisotopic (exact) mass is 305 g/mol. The largest absolute Gasteiger partial charge is 0.348 e. The van der Waals surface area contributed by atoms with Crippen molar-refractivity contribution in [1.29, 1.82) is 0 Å². The van der Waals surface area contributed by atoms with E-state index in [-0.39, 0.29) is 5.79 Å². The Morgan fingerprint density at radius 3 is 2.68 bits per heavy atom. The van der Waals surface area contributed by atoms with E-state index in [1.54, 1.807) is 0 Å². The Labute approximate surface area is 132 Å². The maximum absolute atomic E-state index is 5.83. The third-order valence-corrected chi connectivity index (χ3v) is 5.67. The van der Waals surface area contributed by atoms with Crippen LogP contribution in [0.4, 0.5) is 0 Å². The fourth-order valence-electron chi connectivity index (χ4n) is 4.37. The predicted molar refractivity (Wildman–Crippen MR) is 83.6 cm³/mol. The van der Waals surface area contributed by atoms with E-state index in [1.807, 2.05) is 17.9 Å². The predicted octanol–water partition coefficient (Wildman–Crippen LogP) is 2.14. The molecule has 2 aliphatic heterocycles. The van der Waals surface area contributed by atoms with Crippen LogP contribution >= 0.6 is 0 Å². The van der Waals surface area contributed by atoms with Gasteiger partial charge in [-0.15, -0.1) is 0 Å². The lowest BCUT2D eigenvalue weighted by Gasteiger charge is -2.36. The molecule has 4 rings (SSSR count). The van der Waals surface area contributed by atoms with Crippen molar-refractivity contribution in [1.82, 2.24) is 14.7 Å². The van der Waals surface area contributed by atoms with Crippen molar-refractivity contribution in [3.63, 3.8) is 0 Å². The molecule has 0 bridgehead atoms. The minimum atomic E-state index is -0.209. The lowest BCUT2D eigenvalue weighted by Crippen LogP contribution is -2.38. The number of aromatic nitrogens is 2. The van der Waals surface area contributed by atoms with Gasteiger partial charge in [0.25, 0.3) is 0 Å². The van der Waals surface area contributed by atoms with E-state index >= 15 is 0 Å². The topological polar surface area (TPSA) is 39.5 Å². The first-order chi connectivity index (χ1) is 10.7. The van der Waals surface area contributed by atoms with Crippen LogP contribution in [0.25, 0.3) is 0 Å². The van der Waals surface area contributed by atoms with Gasteiger partial charge in [0.1, 0.15) is 0 Å². The van der Waals surface area contributed by atoms with Gasteiger partial charge < -0.3 is 14.4 Å². The van der Waals surface area contributed by atoms with E-state index in [0.29, 0.717) is 5.92 Å². The maximum atomic E-state index is 5.83. The quantitative estimate of drug-likeness (QED) is 0.858. The molecule has 1 saturated carbocycles. The summed E-state index contributed by atoms with van der Waals surface area (Å²) in [5.41, 5.74) is 1.40. The van der Waals surface area contributed by atoms with E-state index < -0.39 is 0 Å². The second-order valence-corrected chi connectivity index (χ2v) is 7.24. The summed E-state index contributed by atoms with van der Waals surface area (Å²) >= 11 is 0. The highest BCUT2D eigenvalue weighted by Crippen LogP contribution is 2.39. The molecule has 2 saturated heterocycles. The lowest BCUT2D eigenvalue weighted by molar-refractivity contribution is -0.183. The van der Waals surface area contributed by atoms with Gasteiger partial charge in [-0.05, 0) is 37.3 Å². The van der Waals surface area contributed by atoms with E-state index in [9.17, 15) is 0 Å². The van der Waals surface area contributed by atoms with Gasteiger partial charge in [0, 0.05) is 45.1 Å². The van der Waals surface area contributed by atoms with Crippen molar-refractivity contribution in [3.8, 4) is 0 Å². The Morgan fingerprint density at radius 1 is 1.23 bits per heavy atom. The minimum Gasteiger partial charge on any atom is -0.348 e. The normalized spacial score (nSPS) is 29.6. The van der Waals surface area contributed by atoms with Gasteiger partial charge in [0.05, 0.1) is 19.4 Å². The Bertz CT molecular complexity index is 500. The molecular formula is C17H27N3O2. The van der Waals surface area contributed by atoms with Crippen LogP contribution in [0.2, 0.25) is 0 Å². The summed E-state index contributed by atoms with van der Waals surface area (Å²) in [4.78, 5) is 2.65. The molecule has 5 nitrogen and oxygen atoms in total. The first-order valence-corrected chi connectivity index (χ1v) is 8.71. The van der Waals surface area contributed by atoms with Gasteiger partial charge in [-0.25, -0.2) is 0 Å². The fraction of sp³-hybridized carbons (Fsp3) is 0.824. The van der Waals surface area contributed by atoms with E-state index in [1.165, 1.54) is 44.5 Å². The third kappa shape index (κ3) is 2.94. The highest BCUT2D eigenvalue weighted by Gasteiger charge is 2.40. The second-order valence-electron chi connectivity index (χ2n) is 7.24. The smallest absolute Gasteiger partial charge is 0.168 e. The van der Waals surface area contributed by atoms with E-state index in [2.05, 4.69) is 16.2 Å². The Morgan fingerprint density at radius 2 is 2.00 bits per heavy atom. The van der Waals surface area contributed by atoms with Crippen molar-refractivity contribution >= 4 is 0 Å². The number of likely N-dealkylation sites (tertiary alicyclic amines) is 1. The summed E-state index contributed by atoms with van der Waals surface area (Å²) in [5.74, 6) is 1.27. The average Bonchev–Trinajstić information content (AvgIpc) is 3.23. The first-order valence-electron chi connectivity index (χ1n) is 8.71. The molecule has 3 aliphatic rings. The van der Waals surface area contributed by atoms with E-state index in [0.717, 1.165) is 32.0 Å². The summed E-state index contributed by atoms with van der Waals surface area (Å²) in [6.07, 6.45) is 10.1. The number of aryl methyl sites for hydroxylation is 1. The van der Waals surface area contributed by atoms with Gasteiger partial charge in [0.15, 0.2) is 5.79 Å². The summed E-state index contributed by atoms with van der Waals surface area (Å²) in [7, 11) is 2.00. The van der Waals surface area contributed by atoms with Crippen LogP contribution in [-0.4, -0.2) is 53.3 Å². The lowest BCUT2D eigenvalue weighted by atomic mass is 9.85. The first kappa shape index (κ1) is 14.7. The standard InChI is InChI=1S/C17H27N3O2/c1-19-12-16(10-18-19)15-4-7-20(13-15)11-14-2-5-17(6-3-14)21-8-9-22-17/h10,12,14-15H,2-9,11,13H2,1H3/t15-/m1/s1. The molecule has 0 amide bonds. The van der Waals surface area contributed by atoms with Gasteiger partial charge >= 0.3 is 0 Å². The SMILES string of the molecule is Cn1cc([C@@H]2CCN(CC3CCC4(CC3)OCCO4)C2)cn1. The number of hydrogen-bond acceptors (Lipinski definition) is 4. The fourth-order valence-corrected chi connectivity index (χ4v) is 4.37. The highest BCUT2D eigenvalue weighted by atomic mass is 16.7. The van der Waals surface area contributed by atoms with Crippen molar-refractivity contribution < 1.29 is 9.47 Å². The number of hydrogen-bond donors (Lipinski definition) is 0. The zero-order valence-electron chi connectivity index (χ0n) is 13.5. The van der Waals surface area contributed by atoms with Crippen molar-refractivity contribution in [2.45, 2.75) is 43.8 Å². The summed E-state index contributed by atoms with van der Waals surface area (Å²) in [6, 6.07) is 0. The summed E-state index contributed by atoms with van der Waals surface area (Å²) in [6.45, 7) is 5.23. The molecule has 0 radical (unpaired) electrons. The molecule has 3 fully saturated rings. The van der Waals surface area contributed by atoms with Gasteiger partial charge in [-0.3, -0.25) is 4.68 Å². The van der Waals surface area contributed by atoms with Crippen LogP contribution in [-0.2, 0) is 16.5 Å². The molecule has 22 heavy (non-hydrogen) atoms. The van der Waals surface area contributed by atoms with Gasteiger partial charge in [-0.2, -0.15) is 5.10 Å². The molecule has 1 aromatic heterocycles. The summed E-state index contributed by atoms with van der Waals surface area (Å²) < 4.78 is 13.6. The molecule has 1 aliphatic carbocycles. The Hall–Kier alpha value is -0.910. The van der Waals surface area contributed by atoms with Crippen molar-refractivity contribution in [2.75, 3.05) is 32.8 Å². The van der Waals surface area contributed by atoms with E-state index in [4.69, 9.17) is 9.47 Å². The molecule has 1 atom stereocenters. The minimum absolute atomic E-state index is 0.209.